The van der Waals surface area contributed by atoms with Gasteiger partial charge in [0.2, 0.25) is 0 Å². The first-order valence-electron chi connectivity index (χ1n) is 7.08. The summed E-state index contributed by atoms with van der Waals surface area (Å²) in [5.41, 5.74) is 1.15. The van der Waals surface area contributed by atoms with E-state index in [-0.39, 0.29) is 0 Å². The van der Waals surface area contributed by atoms with E-state index < -0.39 is 0 Å². The van der Waals surface area contributed by atoms with Gasteiger partial charge in [0.05, 0.1) is 19.4 Å². The molecule has 0 radical (unpaired) electrons. The molecule has 1 rings (SSSR count). The van der Waals surface area contributed by atoms with Crippen LogP contribution in [0.3, 0.4) is 0 Å². The zero-order valence-corrected chi connectivity index (χ0v) is 12.7. The zero-order valence-electron chi connectivity index (χ0n) is 12.7. The van der Waals surface area contributed by atoms with Crippen LogP contribution in [-0.2, 0) is 17.9 Å². The van der Waals surface area contributed by atoms with Crippen molar-refractivity contribution in [1.29, 1.82) is 0 Å². The lowest BCUT2D eigenvalue weighted by Crippen LogP contribution is -2.19. The summed E-state index contributed by atoms with van der Waals surface area (Å²) in [6.07, 6.45) is 2.80. The number of furan rings is 1. The molecular weight excluding hydrogens is 240 g/mol. The molecule has 1 heterocycles. The second-order valence-corrected chi connectivity index (χ2v) is 5.60. The average molecular weight is 268 g/mol. The third kappa shape index (κ3) is 7.35. The van der Waals surface area contributed by atoms with Gasteiger partial charge in [0.25, 0.3) is 0 Å². The van der Waals surface area contributed by atoms with E-state index in [1.54, 1.807) is 6.26 Å². The average Bonchev–Trinajstić information content (AvgIpc) is 2.75. The smallest absolute Gasteiger partial charge is 0.123 e. The van der Waals surface area contributed by atoms with Gasteiger partial charge in [0.15, 0.2) is 0 Å². The van der Waals surface area contributed by atoms with Crippen molar-refractivity contribution in [2.45, 2.75) is 33.4 Å². The normalized spacial score (nSPS) is 11.7. The van der Waals surface area contributed by atoms with Crippen LogP contribution in [-0.4, -0.2) is 38.7 Å². The fourth-order valence-corrected chi connectivity index (χ4v) is 1.79. The van der Waals surface area contributed by atoms with Gasteiger partial charge in [-0.1, -0.05) is 13.8 Å². The zero-order chi connectivity index (χ0) is 14.1. The van der Waals surface area contributed by atoms with Crippen LogP contribution in [0.2, 0.25) is 0 Å². The Hall–Kier alpha value is -0.840. The summed E-state index contributed by atoms with van der Waals surface area (Å²) >= 11 is 0. The fraction of sp³-hybridized carbons (Fsp3) is 0.733. The maximum atomic E-state index is 5.68. The van der Waals surface area contributed by atoms with E-state index in [1.807, 2.05) is 6.07 Å². The van der Waals surface area contributed by atoms with Crippen molar-refractivity contribution in [3.63, 3.8) is 0 Å². The van der Waals surface area contributed by atoms with Gasteiger partial charge in [-0.3, -0.25) is 0 Å². The second-order valence-electron chi connectivity index (χ2n) is 5.60. The van der Waals surface area contributed by atoms with Gasteiger partial charge in [0, 0.05) is 12.2 Å². The molecule has 0 saturated heterocycles. The number of ether oxygens (including phenoxy) is 1. The molecule has 0 aliphatic rings. The predicted molar refractivity (Wildman–Crippen MR) is 78.1 cm³/mol. The monoisotopic (exact) mass is 268 g/mol. The summed E-state index contributed by atoms with van der Waals surface area (Å²) in [5.74, 6) is 1.65. The Kier molecular flexibility index (Phi) is 7.79. The van der Waals surface area contributed by atoms with Crippen LogP contribution in [0.25, 0.3) is 0 Å². The van der Waals surface area contributed by atoms with Gasteiger partial charge >= 0.3 is 0 Å². The third-order valence-corrected chi connectivity index (χ3v) is 2.83. The largest absolute Gasteiger partial charge is 0.468 e. The van der Waals surface area contributed by atoms with Gasteiger partial charge in [0.1, 0.15) is 5.76 Å². The lowest BCUT2D eigenvalue weighted by atomic mass is 10.2. The molecular formula is C15H28N2O2. The molecule has 0 bridgehead atoms. The lowest BCUT2D eigenvalue weighted by molar-refractivity contribution is 0.112. The minimum absolute atomic E-state index is 0.641. The van der Waals surface area contributed by atoms with E-state index >= 15 is 0 Å². The Morgan fingerprint density at radius 1 is 1.37 bits per heavy atom. The minimum Gasteiger partial charge on any atom is -0.468 e. The number of nitrogens with zero attached hydrogens (tertiary/aromatic N) is 1. The molecule has 1 aromatic heterocycles. The van der Waals surface area contributed by atoms with E-state index in [9.17, 15) is 0 Å². The van der Waals surface area contributed by atoms with E-state index in [0.717, 1.165) is 44.0 Å². The van der Waals surface area contributed by atoms with Gasteiger partial charge in [-0.25, -0.2) is 0 Å². The summed E-state index contributed by atoms with van der Waals surface area (Å²) in [7, 11) is 4.16. The van der Waals surface area contributed by atoms with Crippen LogP contribution in [0, 0.1) is 5.92 Å². The highest BCUT2D eigenvalue weighted by Crippen LogP contribution is 2.12. The molecule has 0 amide bonds. The van der Waals surface area contributed by atoms with Crippen LogP contribution in [0.4, 0.5) is 0 Å². The third-order valence-electron chi connectivity index (χ3n) is 2.83. The molecule has 0 aliphatic carbocycles. The fourth-order valence-electron chi connectivity index (χ4n) is 1.79. The van der Waals surface area contributed by atoms with E-state index in [4.69, 9.17) is 9.15 Å². The minimum atomic E-state index is 0.641. The molecule has 0 spiro atoms. The Morgan fingerprint density at radius 3 is 2.84 bits per heavy atom. The Morgan fingerprint density at radius 2 is 2.16 bits per heavy atom. The highest BCUT2D eigenvalue weighted by molar-refractivity contribution is 5.15. The standard InChI is InChI=1S/C15H28N2O2/c1-13(2)10-16-11-15-14(6-9-19-15)12-18-8-5-7-17(3)4/h6,9,13,16H,5,7-8,10-12H2,1-4H3. The molecule has 0 unspecified atom stereocenters. The summed E-state index contributed by atoms with van der Waals surface area (Å²) in [6, 6.07) is 2.00. The molecule has 4 heteroatoms. The Bertz CT molecular complexity index is 335. The van der Waals surface area contributed by atoms with Crippen LogP contribution >= 0.6 is 0 Å². The summed E-state index contributed by atoms with van der Waals surface area (Å²) < 4.78 is 11.2. The van der Waals surface area contributed by atoms with Crippen molar-refractivity contribution in [3.8, 4) is 0 Å². The molecule has 0 saturated carbocycles. The molecule has 4 nitrogen and oxygen atoms in total. The molecule has 110 valence electrons. The van der Waals surface area contributed by atoms with Crippen molar-refractivity contribution < 1.29 is 9.15 Å². The van der Waals surface area contributed by atoms with Gasteiger partial charge in [-0.2, -0.15) is 0 Å². The molecule has 19 heavy (non-hydrogen) atoms. The Balaban J connectivity index is 2.21. The predicted octanol–water partition coefficient (Wildman–Crippen LogP) is 2.49. The van der Waals surface area contributed by atoms with Crippen molar-refractivity contribution in [3.05, 3.63) is 23.7 Å². The summed E-state index contributed by atoms with van der Waals surface area (Å²) in [5, 5.41) is 3.39. The SMILES string of the molecule is CC(C)CNCc1occc1COCCCN(C)C. The first-order chi connectivity index (χ1) is 9.09. The first kappa shape index (κ1) is 16.2. The van der Waals surface area contributed by atoms with E-state index in [1.165, 1.54) is 0 Å². The Labute approximate surface area is 117 Å². The van der Waals surface area contributed by atoms with Crippen molar-refractivity contribution in [2.24, 2.45) is 5.92 Å². The number of rotatable bonds is 10. The summed E-state index contributed by atoms with van der Waals surface area (Å²) in [6.45, 7) is 8.68. The maximum Gasteiger partial charge on any atom is 0.123 e. The van der Waals surface area contributed by atoms with E-state index in [2.05, 4.69) is 38.2 Å². The molecule has 1 N–H and O–H groups in total. The molecule has 0 aromatic carbocycles. The van der Waals surface area contributed by atoms with E-state index in [0.29, 0.717) is 12.5 Å². The van der Waals surface area contributed by atoms with Crippen molar-refractivity contribution in [2.75, 3.05) is 33.8 Å². The van der Waals surface area contributed by atoms with Gasteiger partial charge in [-0.05, 0) is 45.6 Å². The number of hydrogen-bond acceptors (Lipinski definition) is 4. The van der Waals surface area contributed by atoms with Crippen molar-refractivity contribution in [1.82, 2.24) is 10.2 Å². The number of nitrogens with one attached hydrogen (secondary N) is 1. The lowest BCUT2D eigenvalue weighted by Gasteiger charge is -2.10. The number of hydrogen-bond donors (Lipinski definition) is 1. The highest BCUT2D eigenvalue weighted by atomic mass is 16.5. The quantitative estimate of drug-likeness (QED) is 0.662. The molecule has 0 fully saturated rings. The van der Waals surface area contributed by atoms with Gasteiger partial charge < -0.3 is 19.4 Å². The van der Waals surface area contributed by atoms with Gasteiger partial charge in [-0.15, -0.1) is 0 Å². The van der Waals surface area contributed by atoms with Crippen LogP contribution in [0.15, 0.2) is 16.7 Å². The molecule has 0 atom stereocenters. The topological polar surface area (TPSA) is 37.6 Å². The van der Waals surface area contributed by atoms with Crippen molar-refractivity contribution >= 4 is 0 Å². The first-order valence-corrected chi connectivity index (χ1v) is 7.08. The van der Waals surface area contributed by atoms with Crippen LogP contribution in [0.1, 0.15) is 31.6 Å². The molecule has 0 aliphatic heterocycles. The highest BCUT2D eigenvalue weighted by Gasteiger charge is 2.06. The molecule has 1 aromatic rings. The maximum absolute atomic E-state index is 5.68. The van der Waals surface area contributed by atoms with Crippen LogP contribution < -0.4 is 5.32 Å². The second kappa shape index (κ2) is 9.13. The van der Waals surface area contributed by atoms with Crippen LogP contribution in [0.5, 0.6) is 0 Å². The summed E-state index contributed by atoms with van der Waals surface area (Å²) in [4.78, 5) is 2.17.